The maximum Gasteiger partial charge on any atom is 0.410 e. The summed E-state index contributed by atoms with van der Waals surface area (Å²) >= 11 is 0. The highest BCUT2D eigenvalue weighted by Crippen LogP contribution is 2.34. The standard InChI is InChI=1S/C17H25NO3/c1-12-8-9-13(11-15(12)19)14-7-5-6-10-18(14)16(20)21-17(2,3)4/h8-9,11,14,19H,5-7,10H2,1-4H3. The molecule has 0 saturated carbocycles. The Hall–Kier alpha value is -1.71. The molecule has 1 heterocycles. The number of phenols is 1. The zero-order valence-electron chi connectivity index (χ0n) is 13.3. The highest BCUT2D eigenvalue weighted by atomic mass is 16.6. The molecule has 0 spiro atoms. The monoisotopic (exact) mass is 291 g/mol. The number of carbonyl (C=O) groups excluding carboxylic acids is 1. The van der Waals surface area contributed by atoms with Crippen molar-refractivity contribution in [2.24, 2.45) is 0 Å². The van der Waals surface area contributed by atoms with E-state index < -0.39 is 5.60 Å². The second-order valence-corrected chi connectivity index (χ2v) is 6.73. The van der Waals surface area contributed by atoms with Crippen LogP contribution in [0.1, 0.15) is 57.2 Å². The van der Waals surface area contributed by atoms with Crippen LogP contribution in [0, 0.1) is 6.92 Å². The minimum Gasteiger partial charge on any atom is -0.508 e. The number of aromatic hydroxyl groups is 1. The fourth-order valence-electron chi connectivity index (χ4n) is 2.65. The number of nitrogens with zero attached hydrogens (tertiary/aromatic N) is 1. The number of aryl methyl sites for hydroxylation is 1. The maximum atomic E-state index is 12.4. The predicted molar refractivity (Wildman–Crippen MR) is 82.4 cm³/mol. The molecule has 1 saturated heterocycles. The van der Waals surface area contributed by atoms with Crippen molar-refractivity contribution in [3.8, 4) is 5.75 Å². The van der Waals surface area contributed by atoms with E-state index in [0.29, 0.717) is 6.54 Å². The van der Waals surface area contributed by atoms with Crippen molar-refractivity contribution in [2.45, 2.75) is 58.6 Å². The molecule has 1 fully saturated rings. The molecule has 1 N–H and O–H groups in total. The lowest BCUT2D eigenvalue weighted by Crippen LogP contribution is -2.41. The Balaban J connectivity index is 2.22. The first kappa shape index (κ1) is 15.7. The zero-order chi connectivity index (χ0) is 15.6. The van der Waals surface area contributed by atoms with Crippen LogP contribution < -0.4 is 0 Å². The third-order valence-corrected chi connectivity index (χ3v) is 3.75. The van der Waals surface area contributed by atoms with Crippen molar-refractivity contribution in [1.82, 2.24) is 4.90 Å². The average Bonchev–Trinajstić information content (AvgIpc) is 2.40. The van der Waals surface area contributed by atoms with Crippen molar-refractivity contribution in [3.05, 3.63) is 29.3 Å². The molecule has 21 heavy (non-hydrogen) atoms. The Morgan fingerprint density at radius 2 is 2.05 bits per heavy atom. The van der Waals surface area contributed by atoms with Crippen LogP contribution in [0.4, 0.5) is 4.79 Å². The summed E-state index contributed by atoms with van der Waals surface area (Å²) < 4.78 is 5.51. The van der Waals surface area contributed by atoms with Gasteiger partial charge in [0.25, 0.3) is 0 Å². The van der Waals surface area contributed by atoms with Gasteiger partial charge in [-0.15, -0.1) is 0 Å². The minimum absolute atomic E-state index is 0.0138. The SMILES string of the molecule is Cc1ccc(C2CCCCN2C(=O)OC(C)(C)C)cc1O. The molecule has 2 rings (SSSR count). The van der Waals surface area contributed by atoms with Crippen LogP contribution in [0.25, 0.3) is 0 Å². The second-order valence-electron chi connectivity index (χ2n) is 6.73. The van der Waals surface area contributed by atoms with Gasteiger partial charge in [0, 0.05) is 6.54 Å². The molecule has 1 unspecified atom stereocenters. The van der Waals surface area contributed by atoms with Crippen LogP contribution in [0.3, 0.4) is 0 Å². The smallest absolute Gasteiger partial charge is 0.410 e. The van der Waals surface area contributed by atoms with E-state index in [2.05, 4.69) is 0 Å². The number of hydrogen-bond donors (Lipinski definition) is 1. The van der Waals surface area contributed by atoms with Gasteiger partial charge in [-0.1, -0.05) is 12.1 Å². The zero-order valence-corrected chi connectivity index (χ0v) is 13.3. The topological polar surface area (TPSA) is 49.8 Å². The summed E-state index contributed by atoms with van der Waals surface area (Å²) in [5, 5.41) is 9.91. The van der Waals surface area contributed by atoms with Crippen LogP contribution in [0.2, 0.25) is 0 Å². The summed E-state index contributed by atoms with van der Waals surface area (Å²) in [6.07, 6.45) is 2.71. The maximum absolute atomic E-state index is 12.4. The number of phenolic OH excluding ortho intramolecular Hbond substituents is 1. The average molecular weight is 291 g/mol. The molecule has 1 aliphatic heterocycles. The summed E-state index contributed by atoms with van der Waals surface area (Å²) in [5.41, 5.74) is 1.33. The highest BCUT2D eigenvalue weighted by Gasteiger charge is 2.31. The Morgan fingerprint density at radius 3 is 2.67 bits per heavy atom. The number of hydrogen-bond acceptors (Lipinski definition) is 3. The molecule has 4 nitrogen and oxygen atoms in total. The molecule has 1 aromatic carbocycles. The molecule has 116 valence electrons. The van der Waals surface area contributed by atoms with Gasteiger partial charge >= 0.3 is 6.09 Å². The lowest BCUT2D eigenvalue weighted by Gasteiger charge is -2.37. The third kappa shape index (κ3) is 3.90. The van der Waals surface area contributed by atoms with Crippen LogP contribution in [-0.4, -0.2) is 28.2 Å². The molecule has 0 aliphatic carbocycles. The van der Waals surface area contributed by atoms with Crippen molar-refractivity contribution in [2.75, 3.05) is 6.54 Å². The molecule has 1 amide bonds. The van der Waals surface area contributed by atoms with Gasteiger partial charge in [0.05, 0.1) is 6.04 Å². The minimum atomic E-state index is -0.492. The van der Waals surface area contributed by atoms with Gasteiger partial charge in [-0.2, -0.15) is 0 Å². The molecule has 4 heteroatoms. The Bertz CT molecular complexity index is 519. The summed E-state index contributed by atoms with van der Waals surface area (Å²) in [4.78, 5) is 14.2. The Labute approximate surface area is 126 Å². The van der Waals surface area contributed by atoms with Crippen molar-refractivity contribution in [3.63, 3.8) is 0 Å². The van der Waals surface area contributed by atoms with Gasteiger partial charge in [0.1, 0.15) is 11.4 Å². The van der Waals surface area contributed by atoms with E-state index in [-0.39, 0.29) is 17.9 Å². The summed E-state index contributed by atoms with van der Waals surface area (Å²) in [5.74, 6) is 0.280. The van der Waals surface area contributed by atoms with Gasteiger partial charge in [-0.3, -0.25) is 0 Å². The van der Waals surface area contributed by atoms with E-state index in [1.165, 1.54) is 0 Å². The molecule has 0 bridgehead atoms. The first-order chi connectivity index (χ1) is 9.78. The first-order valence-electron chi connectivity index (χ1n) is 7.57. The van der Waals surface area contributed by atoms with E-state index in [9.17, 15) is 9.90 Å². The van der Waals surface area contributed by atoms with Crippen molar-refractivity contribution >= 4 is 6.09 Å². The normalized spacial score (nSPS) is 19.4. The number of benzene rings is 1. The Morgan fingerprint density at radius 1 is 1.33 bits per heavy atom. The molecular formula is C17H25NO3. The molecular weight excluding hydrogens is 266 g/mol. The lowest BCUT2D eigenvalue weighted by molar-refractivity contribution is 0.00948. The summed E-state index contributed by atoms with van der Waals surface area (Å²) in [6, 6.07) is 5.64. The quantitative estimate of drug-likeness (QED) is 0.845. The number of ether oxygens (including phenoxy) is 1. The predicted octanol–water partition coefficient (Wildman–Crippen LogP) is 4.16. The van der Waals surface area contributed by atoms with Gasteiger partial charge in [-0.05, 0) is 64.2 Å². The summed E-state index contributed by atoms with van der Waals surface area (Å²) in [7, 11) is 0. The number of amides is 1. The van der Waals surface area contributed by atoms with E-state index >= 15 is 0 Å². The number of carbonyl (C=O) groups is 1. The fraction of sp³-hybridized carbons (Fsp3) is 0.588. The van der Waals surface area contributed by atoms with Crippen LogP contribution in [-0.2, 0) is 4.74 Å². The molecule has 1 aliphatic rings. The van der Waals surface area contributed by atoms with Crippen molar-refractivity contribution < 1.29 is 14.6 Å². The van der Waals surface area contributed by atoms with Crippen molar-refractivity contribution in [1.29, 1.82) is 0 Å². The van der Waals surface area contributed by atoms with E-state index in [1.54, 1.807) is 11.0 Å². The largest absolute Gasteiger partial charge is 0.508 e. The third-order valence-electron chi connectivity index (χ3n) is 3.75. The van der Waals surface area contributed by atoms with Crippen LogP contribution >= 0.6 is 0 Å². The van der Waals surface area contributed by atoms with E-state index in [0.717, 1.165) is 30.4 Å². The molecule has 0 aromatic heterocycles. The number of rotatable bonds is 1. The lowest BCUT2D eigenvalue weighted by atomic mass is 9.94. The van der Waals surface area contributed by atoms with Crippen LogP contribution in [0.15, 0.2) is 18.2 Å². The summed E-state index contributed by atoms with van der Waals surface area (Å²) in [6.45, 7) is 8.20. The second kappa shape index (κ2) is 5.96. The number of likely N-dealkylation sites (tertiary alicyclic amines) is 1. The highest BCUT2D eigenvalue weighted by molar-refractivity contribution is 5.69. The van der Waals surface area contributed by atoms with Gasteiger partial charge < -0.3 is 14.7 Å². The first-order valence-corrected chi connectivity index (χ1v) is 7.57. The van der Waals surface area contributed by atoms with Gasteiger partial charge in [-0.25, -0.2) is 4.79 Å². The number of piperidine rings is 1. The fourth-order valence-corrected chi connectivity index (χ4v) is 2.65. The van der Waals surface area contributed by atoms with E-state index in [1.807, 2.05) is 39.8 Å². The molecule has 1 atom stereocenters. The Kier molecular flexibility index (Phi) is 4.45. The molecule has 0 radical (unpaired) electrons. The van der Waals surface area contributed by atoms with Crippen LogP contribution in [0.5, 0.6) is 5.75 Å². The molecule has 1 aromatic rings. The van der Waals surface area contributed by atoms with Gasteiger partial charge in [0.2, 0.25) is 0 Å². The van der Waals surface area contributed by atoms with E-state index in [4.69, 9.17) is 4.74 Å². The van der Waals surface area contributed by atoms with Gasteiger partial charge in [0.15, 0.2) is 0 Å².